The Morgan fingerprint density at radius 1 is 1.14 bits per heavy atom. The number of morpholine rings is 1. The van der Waals surface area contributed by atoms with Crippen molar-refractivity contribution in [2.45, 2.75) is 49.3 Å². The van der Waals surface area contributed by atoms with E-state index in [2.05, 4.69) is 32.2 Å². The summed E-state index contributed by atoms with van der Waals surface area (Å²) in [7, 11) is 0. The number of amides is 1. The summed E-state index contributed by atoms with van der Waals surface area (Å²) in [5.74, 6) is 2.08. The van der Waals surface area contributed by atoms with E-state index >= 15 is 0 Å². The van der Waals surface area contributed by atoms with E-state index in [0.717, 1.165) is 49.5 Å². The molecule has 154 valence electrons. The van der Waals surface area contributed by atoms with E-state index in [0.29, 0.717) is 17.7 Å². The molecule has 1 saturated heterocycles. The smallest absolute Gasteiger partial charge is 0.234 e. The van der Waals surface area contributed by atoms with Crippen molar-refractivity contribution in [3.05, 3.63) is 35.7 Å². The van der Waals surface area contributed by atoms with Gasteiger partial charge in [-0.05, 0) is 37.8 Å². The molecule has 1 aromatic carbocycles. The van der Waals surface area contributed by atoms with Gasteiger partial charge in [0.15, 0.2) is 5.16 Å². The van der Waals surface area contributed by atoms with Crippen molar-refractivity contribution in [3.8, 4) is 0 Å². The molecule has 0 bridgehead atoms. The monoisotopic (exact) mass is 414 g/mol. The van der Waals surface area contributed by atoms with Crippen LogP contribution in [0.2, 0.25) is 0 Å². The molecule has 7 nitrogen and oxygen atoms in total. The number of aromatic nitrogens is 3. The third-order valence-corrected chi connectivity index (χ3v) is 6.71. The highest BCUT2D eigenvalue weighted by molar-refractivity contribution is 7.99. The molecule has 0 spiro atoms. The van der Waals surface area contributed by atoms with Crippen molar-refractivity contribution >= 4 is 23.4 Å². The second kappa shape index (κ2) is 8.45. The molecule has 0 atom stereocenters. The minimum absolute atomic E-state index is 0.000117. The SMILES string of the molecule is O=C(CSc1nnc(C2CC2)n1C1CC1)Nc1ccc(C[NH+]2CCOCC2)cc1. The zero-order valence-corrected chi connectivity index (χ0v) is 17.4. The second-order valence-corrected chi connectivity index (χ2v) is 9.23. The number of rotatable bonds is 8. The standard InChI is InChI=1S/C21H27N5O2S/c27-19(14-29-21-24-23-20(16-3-4-16)26(21)18-7-8-18)22-17-5-1-15(2-6-17)13-25-9-11-28-12-10-25/h1-2,5-6,16,18H,3-4,7-14H2,(H,22,27)/p+1. The van der Waals surface area contributed by atoms with Crippen LogP contribution in [0.15, 0.2) is 29.4 Å². The second-order valence-electron chi connectivity index (χ2n) is 8.29. The number of ether oxygens (including phenoxy) is 1. The van der Waals surface area contributed by atoms with E-state index in [1.165, 1.54) is 43.0 Å². The van der Waals surface area contributed by atoms with Crippen molar-refractivity contribution in [3.63, 3.8) is 0 Å². The van der Waals surface area contributed by atoms with Gasteiger partial charge in [-0.3, -0.25) is 4.79 Å². The van der Waals surface area contributed by atoms with Gasteiger partial charge in [-0.25, -0.2) is 0 Å². The Bertz CT molecular complexity index is 854. The number of hydrogen-bond acceptors (Lipinski definition) is 5. The molecule has 0 unspecified atom stereocenters. The van der Waals surface area contributed by atoms with E-state index in [4.69, 9.17) is 4.74 Å². The zero-order valence-electron chi connectivity index (χ0n) is 16.6. The molecule has 2 aliphatic carbocycles. The molecule has 2 aromatic rings. The van der Waals surface area contributed by atoms with Gasteiger partial charge in [-0.2, -0.15) is 0 Å². The normalized spacial score (nSPS) is 20.0. The fourth-order valence-corrected chi connectivity index (χ4v) is 4.65. The summed E-state index contributed by atoms with van der Waals surface area (Å²) >= 11 is 1.50. The van der Waals surface area contributed by atoms with E-state index in [1.807, 2.05) is 12.1 Å². The maximum absolute atomic E-state index is 12.4. The maximum atomic E-state index is 12.4. The Balaban J connectivity index is 1.13. The lowest BCUT2D eigenvalue weighted by Crippen LogP contribution is -3.12. The van der Waals surface area contributed by atoms with Crippen molar-refractivity contribution in [1.29, 1.82) is 0 Å². The number of nitrogens with one attached hydrogen (secondary N) is 2. The van der Waals surface area contributed by atoms with Gasteiger partial charge in [0, 0.05) is 23.2 Å². The number of benzene rings is 1. The van der Waals surface area contributed by atoms with E-state index in [1.54, 1.807) is 4.90 Å². The Morgan fingerprint density at radius 2 is 1.90 bits per heavy atom. The topological polar surface area (TPSA) is 73.5 Å². The van der Waals surface area contributed by atoms with Crippen LogP contribution in [-0.4, -0.2) is 52.7 Å². The van der Waals surface area contributed by atoms with Gasteiger partial charge < -0.3 is 19.5 Å². The Hall–Kier alpha value is -1.90. The molecule has 5 rings (SSSR count). The van der Waals surface area contributed by atoms with Crippen molar-refractivity contribution in [2.75, 3.05) is 37.4 Å². The Labute approximate surface area is 175 Å². The molecular formula is C21H28N5O2S+. The van der Waals surface area contributed by atoms with Gasteiger partial charge in [-0.15, -0.1) is 10.2 Å². The largest absolute Gasteiger partial charge is 0.370 e. The predicted molar refractivity (Wildman–Crippen MR) is 111 cm³/mol. The van der Waals surface area contributed by atoms with Gasteiger partial charge in [0.1, 0.15) is 25.5 Å². The average molecular weight is 415 g/mol. The third kappa shape index (κ3) is 4.82. The lowest BCUT2D eigenvalue weighted by molar-refractivity contribution is -0.921. The molecule has 2 heterocycles. The summed E-state index contributed by atoms with van der Waals surface area (Å²) in [6.45, 7) is 4.82. The summed E-state index contributed by atoms with van der Waals surface area (Å²) in [4.78, 5) is 14.0. The number of nitrogens with zero attached hydrogens (tertiary/aromatic N) is 3. The molecule has 2 N–H and O–H groups in total. The van der Waals surface area contributed by atoms with Gasteiger partial charge in [0.2, 0.25) is 5.91 Å². The molecule has 8 heteroatoms. The Kier molecular flexibility index (Phi) is 5.56. The summed E-state index contributed by atoms with van der Waals surface area (Å²) in [6, 6.07) is 8.76. The minimum Gasteiger partial charge on any atom is -0.370 e. The highest BCUT2D eigenvalue weighted by Gasteiger charge is 2.36. The first-order chi connectivity index (χ1) is 14.3. The highest BCUT2D eigenvalue weighted by atomic mass is 32.2. The van der Waals surface area contributed by atoms with Gasteiger partial charge in [0.05, 0.1) is 19.0 Å². The first-order valence-corrected chi connectivity index (χ1v) is 11.6. The average Bonchev–Trinajstić information content (AvgIpc) is 3.67. The van der Waals surface area contributed by atoms with Crippen LogP contribution < -0.4 is 10.2 Å². The number of hydrogen-bond donors (Lipinski definition) is 2. The van der Waals surface area contributed by atoms with Crippen LogP contribution >= 0.6 is 11.8 Å². The maximum Gasteiger partial charge on any atom is 0.234 e. The first kappa shape index (κ1) is 19.1. The zero-order chi connectivity index (χ0) is 19.6. The van der Waals surface area contributed by atoms with Gasteiger partial charge in [0.25, 0.3) is 0 Å². The van der Waals surface area contributed by atoms with Crippen LogP contribution in [0.4, 0.5) is 5.69 Å². The van der Waals surface area contributed by atoms with Crippen molar-refractivity contribution < 1.29 is 14.4 Å². The Morgan fingerprint density at radius 3 is 2.59 bits per heavy atom. The van der Waals surface area contributed by atoms with E-state index < -0.39 is 0 Å². The third-order valence-electron chi connectivity index (χ3n) is 5.77. The summed E-state index contributed by atoms with van der Waals surface area (Å²) < 4.78 is 7.70. The lowest BCUT2D eigenvalue weighted by atomic mass is 10.2. The van der Waals surface area contributed by atoms with Crippen LogP contribution in [0.3, 0.4) is 0 Å². The first-order valence-electron chi connectivity index (χ1n) is 10.6. The molecular weight excluding hydrogens is 386 g/mol. The number of anilines is 1. The molecule has 2 saturated carbocycles. The van der Waals surface area contributed by atoms with Crippen LogP contribution in [0, 0.1) is 0 Å². The van der Waals surface area contributed by atoms with Crippen LogP contribution in [0.1, 0.15) is 49.0 Å². The summed E-state index contributed by atoms with van der Waals surface area (Å²) in [5.41, 5.74) is 2.14. The lowest BCUT2D eigenvalue weighted by Gasteiger charge is -2.23. The van der Waals surface area contributed by atoms with Gasteiger partial charge >= 0.3 is 0 Å². The molecule has 1 amide bonds. The van der Waals surface area contributed by atoms with E-state index in [-0.39, 0.29) is 5.91 Å². The number of carbonyl (C=O) groups excluding carboxylic acids is 1. The van der Waals surface area contributed by atoms with Crippen molar-refractivity contribution in [2.24, 2.45) is 0 Å². The molecule has 29 heavy (non-hydrogen) atoms. The predicted octanol–water partition coefficient (Wildman–Crippen LogP) is 1.64. The minimum atomic E-state index is -0.000117. The quantitative estimate of drug-likeness (QED) is 0.643. The van der Waals surface area contributed by atoms with Gasteiger partial charge in [-0.1, -0.05) is 23.9 Å². The fraction of sp³-hybridized carbons (Fsp3) is 0.571. The molecule has 3 fully saturated rings. The molecule has 1 aliphatic heterocycles. The fourth-order valence-electron chi connectivity index (χ4n) is 3.84. The number of quaternary nitrogens is 1. The van der Waals surface area contributed by atoms with Crippen LogP contribution in [0.5, 0.6) is 0 Å². The number of carbonyl (C=O) groups is 1. The number of thioether (sulfide) groups is 1. The summed E-state index contributed by atoms with van der Waals surface area (Å²) in [5, 5.41) is 12.7. The molecule has 3 aliphatic rings. The van der Waals surface area contributed by atoms with E-state index in [9.17, 15) is 4.79 Å². The van der Waals surface area contributed by atoms with Crippen LogP contribution in [-0.2, 0) is 16.1 Å². The van der Waals surface area contributed by atoms with Crippen molar-refractivity contribution in [1.82, 2.24) is 14.8 Å². The van der Waals surface area contributed by atoms with Crippen LogP contribution in [0.25, 0.3) is 0 Å². The highest BCUT2D eigenvalue weighted by Crippen LogP contribution is 2.45. The molecule has 1 aromatic heterocycles. The molecule has 0 radical (unpaired) electrons. The summed E-state index contributed by atoms with van der Waals surface area (Å²) in [6.07, 6.45) is 4.85.